The first-order valence-electron chi connectivity index (χ1n) is 8.68. The van der Waals surface area contributed by atoms with E-state index in [9.17, 15) is 0 Å². The Bertz CT molecular complexity index is 455. The zero-order chi connectivity index (χ0) is 17.2. The summed E-state index contributed by atoms with van der Waals surface area (Å²) in [7, 11) is -4.96. The van der Waals surface area contributed by atoms with Crippen molar-refractivity contribution in [3.05, 3.63) is 0 Å². The van der Waals surface area contributed by atoms with E-state index in [2.05, 4.69) is 67.0 Å². The molecular weight excluding hydrogens is 324 g/mol. The van der Waals surface area contributed by atoms with Gasteiger partial charge in [-0.1, -0.05) is 19.6 Å². The summed E-state index contributed by atoms with van der Waals surface area (Å²) in [5, 5.41) is -0.0286. The molecule has 3 nitrogen and oxygen atoms in total. The number of hydrogen-bond donors (Lipinski definition) is 0. The van der Waals surface area contributed by atoms with Crippen LogP contribution in [0.25, 0.3) is 0 Å². The highest BCUT2D eigenvalue weighted by atomic mass is 28.4. The Balaban J connectivity index is 2.27. The number of rotatable bonds is 7. The molecule has 0 N–H and O–H groups in total. The third-order valence-electron chi connectivity index (χ3n) is 5.82. The van der Waals surface area contributed by atoms with Crippen LogP contribution in [-0.2, 0) is 13.6 Å². The van der Waals surface area contributed by atoms with Gasteiger partial charge in [0, 0.05) is 18.3 Å². The van der Waals surface area contributed by atoms with E-state index in [0.717, 1.165) is 19.1 Å². The maximum absolute atomic E-state index is 6.99. The molecule has 0 amide bonds. The summed E-state index contributed by atoms with van der Waals surface area (Å²) >= 11 is 0. The lowest BCUT2D eigenvalue weighted by Gasteiger charge is -2.55. The van der Waals surface area contributed by atoms with Crippen molar-refractivity contribution < 1.29 is 13.6 Å². The zero-order valence-corrected chi connectivity index (χ0v) is 19.3. The van der Waals surface area contributed by atoms with Crippen LogP contribution in [0.2, 0.25) is 45.3 Å². The van der Waals surface area contributed by atoms with Crippen LogP contribution >= 0.6 is 0 Å². The van der Waals surface area contributed by atoms with E-state index >= 15 is 0 Å². The monoisotopic (exact) mass is 360 g/mol. The molecule has 0 bridgehead atoms. The third-order valence-corrected chi connectivity index (χ3v) is 16.4. The number of ether oxygens (including phenoxy) is 1. The van der Waals surface area contributed by atoms with E-state index in [1.165, 1.54) is 0 Å². The fourth-order valence-electron chi connectivity index (χ4n) is 3.87. The number of hydrogen-bond acceptors (Lipinski definition) is 3. The van der Waals surface area contributed by atoms with Crippen molar-refractivity contribution in [3.63, 3.8) is 0 Å². The Morgan fingerprint density at radius 1 is 1.09 bits per heavy atom. The molecule has 3 atom stereocenters. The van der Waals surface area contributed by atoms with Gasteiger partial charge >= 0.3 is 0 Å². The number of fused-ring (bicyclic) bond motifs is 1. The highest BCUT2D eigenvalue weighted by molar-refractivity contribution is 6.95. The predicted octanol–water partition coefficient (Wildman–Crippen LogP) is 4.49. The lowest BCUT2D eigenvalue weighted by Crippen LogP contribution is -2.72. The molecule has 0 aromatic rings. The molecule has 0 aromatic heterocycles. The highest BCUT2D eigenvalue weighted by Gasteiger charge is 2.92. The smallest absolute Gasteiger partial charge is 0.256 e. The summed E-state index contributed by atoms with van der Waals surface area (Å²) < 4.78 is 19.8. The van der Waals surface area contributed by atoms with Gasteiger partial charge in [0.25, 0.3) is 8.32 Å². The van der Waals surface area contributed by atoms with Crippen molar-refractivity contribution in [2.45, 2.75) is 95.1 Å². The van der Waals surface area contributed by atoms with Gasteiger partial charge in [-0.15, -0.1) is 0 Å². The van der Waals surface area contributed by atoms with Crippen LogP contribution in [0.5, 0.6) is 0 Å². The first-order valence-corrected chi connectivity index (χ1v) is 17.7. The molecule has 2 saturated heterocycles. The lowest BCUT2D eigenvalue weighted by atomic mass is 10.2. The molecule has 2 heterocycles. The fraction of sp³-hybridized carbons (Fsp3) is 1.00. The van der Waals surface area contributed by atoms with Gasteiger partial charge in [-0.25, -0.2) is 0 Å². The molecule has 0 spiro atoms. The van der Waals surface area contributed by atoms with E-state index in [4.69, 9.17) is 13.6 Å². The molecule has 2 aliphatic heterocycles. The summed E-state index contributed by atoms with van der Waals surface area (Å²) in [6, 6.07) is 1.13. The van der Waals surface area contributed by atoms with E-state index in [1.807, 2.05) is 0 Å². The van der Waals surface area contributed by atoms with Crippen LogP contribution in [-0.4, -0.2) is 47.0 Å². The van der Waals surface area contributed by atoms with Gasteiger partial charge in [-0.05, 0) is 53.4 Å². The van der Waals surface area contributed by atoms with Crippen LogP contribution in [0.4, 0.5) is 0 Å². The molecule has 0 saturated carbocycles. The Hall–Kier alpha value is 0.531. The van der Waals surface area contributed by atoms with Crippen molar-refractivity contribution >= 4 is 24.7 Å². The molecule has 130 valence electrons. The molecular formula is C16H36O3Si3. The minimum Gasteiger partial charge on any atom is -0.412 e. The van der Waals surface area contributed by atoms with Crippen molar-refractivity contribution in [2.24, 2.45) is 0 Å². The maximum atomic E-state index is 6.99. The molecule has 2 rings (SSSR count). The Morgan fingerprint density at radius 3 is 2.05 bits per heavy atom. The molecule has 22 heavy (non-hydrogen) atoms. The summed E-state index contributed by atoms with van der Waals surface area (Å²) in [5.74, 6) is 0. The Labute approximate surface area is 140 Å². The maximum Gasteiger partial charge on any atom is 0.256 e. The van der Waals surface area contributed by atoms with Gasteiger partial charge in [-0.3, -0.25) is 0 Å². The van der Waals surface area contributed by atoms with Gasteiger partial charge in [0.05, 0.1) is 18.5 Å². The summed E-state index contributed by atoms with van der Waals surface area (Å²) in [6.07, 6.45) is 1.03. The Kier molecular flexibility index (Phi) is 4.30. The molecule has 2 aliphatic rings. The molecule has 3 unspecified atom stereocenters. The topological polar surface area (TPSA) is 27.7 Å². The van der Waals surface area contributed by atoms with Gasteiger partial charge in [0.15, 0.2) is 8.32 Å². The van der Waals surface area contributed by atoms with Gasteiger partial charge in [0.1, 0.15) is 0 Å². The largest absolute Gasteiger partial charge is 0.412 e. The average molecular weight is 361 g/mol. The van der Waals surface area contributed by atoms with Gasteiger partial charge in [0.2, 0.25) is 0 Å². The van der Waals surface area contributed by atoms with E-state index in [1.54, 1.807) is 0 Å². The van der Waals surface area contributed by atoms with Crippen molar-refractivity contribution in [2.75, 3.05) is 6.61 Å². The SMILES string of the molecule is CCOC1(C)CC2(O[Si](C)(C)C)C[Si]12OC(C)(C)[Si](C)(C)C. The van der Waals surface area contributed by atoms with Gasteiger partial charge in [-0.2, -0.15) is 0 Å². The first-order chi connectivity index (χ1) is 9.64. The minimum atomic E-state index is -1.98. The van der Waals surface area contributed by atoms with E-state index in [0.29, 0.717) is 0 Å². The second-order valence-electron chi connectivity index (χ2n) is 9.92. The third kappa shape index (κ3) is 2.73. The van der Waals surface area contributed by atoms with Crippen LogP contribution in [0.15, 0.2) is 0 Å². The minimum absolute atomic E-state index is 0.0252. The van der Waals surface area contributed by atoms with Gasteiger partial charge < -0.3 is 13.6 Å². The van der Waals surface area contributed by atoms with Crippen molar-refractivity contribution in [1.82, 2.24) is 0 Å². The lowest BCUT2D eigenvalue weighted by molar-refractivity contribution is -0.0563. The van der Waals surface area contributed by atoms with Crippen LogP contribution in [0.1, 0.15) is 34.1 Å². The zero-order valence-electron chi connectivity index (χ0n) is 16.3. The molecule has 0 aromatic carbocycles. The molecule has 6 heteroatoms. The molecule has 0 aliphatic carbocycles. The van der Waals surface area contributed by atoms with Crippen LogP contribution in [0.3, 0.4) is 0 Å². The molecule has 2 fully saturated rings. The van der Waals surface area contributed by atoms with E-state index < -0.39 is 24.7 Å². The van der Waals surface area contributed by atoms with E-state index in [-0.39, 0.29) is 15.7 Å². The average Bonchev–Trinajstić information content (AvgIpc) is 2.73. The Morgan fingerprint density at radius 2 is 1.64 bits per heavy atom. The second-order valence-corrected chi connectivity index (χ2v) is 24.2. The van der Waals surface area contributed by atoms with Crippen molar-refractivity contribution in [1.29, 1.82) is 0 Å². The normalized spacial score (nSPS) is 38.5. The standard InChI is InChI=1S/C16H36O3Si3/c1-11-17-15(4)12-16(19-21(8,9)10)13-22(15,16)18-14(2,3)20(5,6)7/h11-13H2,1-10H3. The first kappa shape index (κ1) is 18.9. The quantitative estimate of drug-likeness (QED) is 0.626. The second kappa shape index (κ2) is 5.02. The summed E-state index contributed by atoms with van der Waals surface area (Å²) in [4.78, 5) is 0. The summed E-state index contributed by atoms with van der Waals surface area (Å²) in [6.45, 7) is 23.8. The molecule has 0 radical (unpaired) electrons. The highest BCUT2D eigenvalue weighted by Crippen LogP contribution is 2.72. The summed E-state index contributed by atoms with van der Waals surface area (Å²) in [5.41, 5.74) is 0. The van der Waals surface area contributed by atoms with Crippen LogP contribution < -0.4 is 0 Å². The fourth-order valence-corrected chi connectivity index (χ4v) is 14.0. The van der Waals surface area contributed by atoms with Crippen molar-refractivity contribution in [3.8, 4) is 0 Å². The predicted molar refractivity (Wildman–Crippen MR) is 101 cm³/mol. The van der Waals surface area contributed by atoms with Crippen LogP contribution in [0, 0.1) is 0 Å².